The largest absolute Gasteiger partial charge is 0.147 e. The molecule has 0 unspecified atom stereocenters. The van der Waals surface area contributed by atoms with Crippen molar-refractivity contribution in [3.05, 3.63) is 94.6 Å². The van der Waals surface area contributed by atoms with E-state index in [1.165, 1.54) is 33.4 Å². The third kappa shape index (κ3) is 4.08. The Bertz CT molecular complexity index is 758. The fourth-order valence-corrected chi connectivity index (χ4v) is 3.01. The van der Waals surface area contributed by atoms with Crippen LogP contribution in [0, 0.1) is 6.07 Å². The van der Waals surface area contributed by atoms with Gasteiger partial charge in [0.15, 0.2) is 0 Å². The molecule has 2 aliphatic rings. The van der Waals surface area contributed by atoms with Crippen LogP contribution in [0.3, 0.4) is 0 Å². The molecule has 0 radical (unpaired) electrons. The molecule has 3 heteroatoms. The molecule has 4 rings (SSSR count). The standard InChI is InChI=1S/C20H15.2ClH.Ti/c1-2-6-15(7-3-1)18-10-11-19(12-18)20-13-16-8-4-5-9-17(16)14-20;;;/h1-6,8-11,13H,12,14H2;2*1H;/q-1;;;. The van der Waals surface area contributed by atoms with Crippen LogP contribution in [0.25, 0.3) is 11.6 Å². The second-order valence-electron chi connectivity index (χ2n) is 5.38. The van der Waals surface area contributed by atoms with E-state index < -0.39 is 0 Å². The van der Waals surface area contributed by atoms with Gasteiger partial charge in [0.1, 0.15) is 0 Å². The van der Waals surface area contributed by atoms with E-state index in [-0.39, 0.29) is 46.5 Å². The minimum absolute atomic E-state index is 0. The molecule has 2 aromatic carbocycles. The second kappa shape index (κ2) is 8.71. The molecule has 0 aliphatic heterocycles. The molecule has 0 saturated heterocycles. The number of hydrogen-bond donors (Lipinski definition) is 0. The zero-order valence-corrected chi connectivity index (χ0v) is 15.8. The molecular weight excluding hydrogens is 359 g/mol. The average Bonchev–Trinajstić information content (AvgIpc) is 3.14. The Hall–Kier alpha value is -1.05. The first kappa shape index (κ1) is 20.0. The van der Waals surface area contributed by atoms with Crippen LogP contribution in [-0.2, 0) is 28.1 Å². The van der Waals surface area contributed by atoms with Crippen molar-refractivity contribution in [1.82, 2.24) is 0 Å². The monoisotopic (exact) mass is 375 g/mol. The predicted octanol–water partition coefficient (Wildman–Crippen LogP) is 5.68. The van der Waals surface area contributed by atoms with E-state index in [0.29, 0.717) is 0 Å². The summed E-state index contributed by atoms with van der Waals surface area (Å²) in [5, 5.41) is 0. The Morgan fingerprint density at radius 1 is 0.739 bits per heavy atom. The van der Waals surface area contributed by atoms with Gasteiger partial charge in [-0.1, -0.05) is 42.5 Å². The molecule has 2 aromatic rings. The molecule has 0 amide bonds. The summed E-state index contributed by atoms with van der Waals surface area (Å²) >= 11 is 0. The minimum atomic E-state index is 0. The molecule has 0 aromatic heterocycles. The number of benzene rings is 2. The van der Waals surface area contributed by atoms with Crippen molar-refractivity contribution in [3.63, 3.8) is 0 Å². The number of fused-ring (bicyclic) bond motifs is 1. The van der Waals surface area contributed by atoms with E-state index in [1.54, 1.807) is 0 Å². The molecule has 0 N–H and O–H groups in total. The molecule has 2 aliphatic carbocycles. The zero-order valence-electron chi connectivity index (χ0n) is 12.6. The van der Waals surface area contributed by atoms with Gasteiger partial charge < -0.3 is 0 Å². The summed E-state index contributed by atoms with van der Waals surface area (Å²) in [7, 11) is 0. The van der Waals surface area contributed by atoms with Crippen LogP contribution in [0.2, 0.25) is 0 Å². The molecule has 0 bridgehead atoms. The van der Waals surface area contributed by atoms with Crippen molar-refractivity contribution in [1.29, 1.82) is 0 Å². The van der Waals surface area contributed by atoms with Crippen molar-refractivity contribution in [2.45, 2.75) is 12.8 Å². The summed E-state index contributed by atoms with van der Waals surface area (Å²) in [5.74, 6) is 0. The Kier molecular flexibility index (Phi) is 7.57. The summed E-state index contributed by atoms with van der Waals surface area (Å²) < 4.78 is 0. The predicted molar refractivity (Wildman–Crippen MR) is 98.6 cm³/mol. The molecule has 0 saturated carbocycles. The van der Waals surface area contributed by atoms with Crippen LogP contribution in [0.4, 0.5) is 0 Å². The first-order valence-electron chi connectivity index (χ1n) is 7.06. The summed E-state index contributed by atoms with van der Waals surface area (Å²) in [4.78, 5) is 0. The van der Waals surface area contributed by atoms with E-state index in [9.17, 15) is 0 Å². The summed E-state index contributed by atoms with van der Waals surface area (Å²) in [5.41, 5.74) is 8.33. The first-order valence-corrected chi connectivity index (χ1v) is 7.06. The van der Waals surface area contributed by atoms with Gasteiger partial charge in [-0.2, -0.15) is 0 Å². The molecule has 23 heavy (non-hydrogen) atoms. The van der Waals surface area contributed by atoms with Crippen molar-refractivity contribution >= 4 is 36.5 Å². The summed E-state index contributed by atoms with van der Waals surface area (Å²) in [6.45, 7) is 0. The maximum absolute atomic E-state index is 3.32. The van der Waals surface area contributed by atoms with Crippen molar-refractivity contribution in [3.8, 4) is 0 Å². The molecular formula is C20H17Cl2Ti-. The quantitative estimate of drug-likeness (QED) is 0.467. The van der Waals surface area contributed by atoms with E-state index in [1.807, 2.05) is 12.1 Å². The molecule has 0 nitrogen and oxygen atoms in total. The van der Waals surface area contributed by atoms with Crippen molar-refractivity contribution < 1.29 is 21.7 Å². The van der Waals surface area contributed by atoms with Crippen LogP contribution in [0.5, 0.6) is 0 Å². The van der Waals surface area contributed by atoms with Gasteiger partial charge in [-0.3, -0.25) is 0 Å². The van der Waals surface area contributed by atoms with Gasteiger partial charge in [0, 0.05) is 21.7 Å². The Labute approximate surface area is 165 Å². The number of rotatable bonds is 2. The number of hydrogen-bond acceptors (Lipinski definition) is 0. The molecule has 116 valence electrons. The molecule has 0 spiro atoms. The molecule has 0 atom stereocenters. The molecule has 0 fully saturated rings. The number of allylic oxidation sites excluding steroid dienone is 5. The van der Waals surface area contributed by atoms with Crippen LogP contribution in [-0.4, -0.2) is 0 Å². The van der Waals surface area contributed by atoms with Crippen LogP contribution in [0.15, 0.2) is 71.8 Å². The van der Waals surface area contributed by atoms with Gasteiger partial charge in [0.2, 0.25) is 0 Å². The number of halogens is 2. The summed E-state index contributed by atoms with van der Waals surface area (Å²) in [6.07, 6.45) is 8.95. The Balaban J connectivity index is 0.000000882. The van der Waals surface area contributed by atoms with Gasteiger partial charge in [-0.05, 0) is 35.1 Å². The van der Waals surface area contributed by atoms with Gasteiger partial charge in [0.05, 0.1) is 0 Å². The summed E-state index contributed by atoms with van der Waals surface area (Å²) in [6, 6.07) is 20.2. The van der Waals surface area contributed by atoms with Crippen LogP contribution >= 0.6 is 24.8 Å². The fourth-order valence-electron chi connectivity index (χ4n) is 3.01. The third-order valence-electron chi connectivity index (χ3n) is 4.10. The average molecular weight is 376 g/mol. The van der Waals surface area contributed by atoms with Crippen LogP contribution < -0.4 is 0 Å². The van der Waals surface area contributed by atoms with E-state index in [4.69, 9.17) is 0 Å². The maximum Gasteiger partial charge on any atom is 0 e. The van der Waals surface area contributed by atoms with E-state index in [2.05, 4.69) is 60.7 Å². The van der Waals surface area contributed by atoms with Crippen molar-refractivity contribution in [2.75, 3.05) is 0 Å². The third-order valence-corrected chi connectivity index (χ3v) is 4.10. The van der Waals surface area contributed by atoms with Gasteiger partial charge in [0.25, 0.3) is 0 Å². The van der Waals surface area contributed by atoms with E-state index in [0.717, 1.165) is 12.8 Å². The fraction of sp³-hybridized carbons (Fsp3) is 0.100. The normalized spacial score (nSPS) is 14.3. The van der Waals surface area contributed by atoms with Gasteiger partial charge >= 0.3 is 0 Å². The second-order valence-corrected chi connectivity index (χ2v) is 5.38. The topological polar surface area (TPSA) is 0 Å². The Morgan fingerprint density at radius 3 is 2.22 bits per heavy atom. The zero-order chi connectivity index (χ0) is 13.4. The van der Waals surface area contributed by atoms with Crippen molar-refractivity contribution in [2.24, 2.45) is 0 Å². The van der Waals surface area contributed by atoms with Gasteiger partial charge in [-0.15, -0.1) is 66.3 Å². The SMILES string of the molecule is Cl.Cl.[Ti].[c-]1ccccc1C1=CC=C(C2=Cc3ccccc3C2)C1. The van der Waals surface area contributed by atoms with Gasteiger partial charge in [-0.25, -0.2) is 0 Å². The van der Waals surface area contributed by atoms with Crippen LogP contribution in [0.1, 0.15) is 23.1 Å². The smallest absolute Gasteiger partial charge is 0 e. The minimum Gasteiger partial charge on any atom is -0.147 e. The molecule has 0 heterocycles. The first-order chi connectivity index (χ1) is 9.90. The Morgan fingerprint density at radius 2 is 1.48 bits per heavy atom. The van der Waals surface area contributed by atoms with E-state index >= 15 is 0 Å². The maximum atomic E-state index is 3.32.